The van der Waals surface area contributed by atoms with Crippen molar-refractivity contribution in [2.75, 3.05) is 24.6 Å². The molecular weight excluding hydrogens is 371 g/mol. The second-order valence-corrected chi connectivity index (χ2v) is 7.00. The molecule has 27 heavy (non-hydrogen) atoms. The molecule has 2 amide bonds. The fourth-order valence-corrected chi connectivity index (χ4v) is 3.36. The fourth-order valence-electron chi connectivity index (χ4n) is 3.11. The number of benzene rings is 2. The summed E-state index contributed by atoms with van der Waals surface area (Å²) in [5.41, 5.74) is 2.72. The summed E-state index contributed by atoms with van der Waals surface area (Å²) in [6, 6.07) is 9.97. The molecule has 1 N–H and O–H groups in total. The maximum atomic E-state index is 13.8. The van der Waals surface area contributed by atoms with Gasteiger partial charge in [0, 0.05) is 12.2 Å². The summed E-state index contributed by atoms with van der Waals surface area (Å²) >= 11 is 5.91. The number of ether oxygens (including phenoxy) is 1. The van der Waals surface area contributed by atoms with Gasteiger partial charge in [0.2, 0.25) is 0 Å². The van der Waals surface area contributed by atoms with E-state index < -0.39 is 17.8 Å². The largest absolute Gasteiger partial charge is 0.365 e. The Bertz CT molecular complexity index is 847. The van der Waals surface area contributed by atoms with Gasteiger partial charge in [0.15, 0.2) is 0 Å². The number of morpholine rings is 1. The van der Waals surface area contributed by atoms with Crippen molar-refractivity contribution >= 4 is 29.1 Å². The van der Waals surface area contributed by atoms with Crippen LogP contribution in [0.15, 0.2) is 36.4 Å². The molecule has 0 spiro atoms. The minimum absolute atomic E-state index is 0.0455. The first-order valence-electron chi connectivity index (χ1n) is 8.57. The third-order valence-corrected chi connectivity index (χ3v) is 4.64. The van der Waals surface area contributed by atoms with Gasteiger partial charge in [-0.2, -0.15) is 0 Å². The van der Waals surface area contributed by atoms with Gasteiger partial charge >= 0.3 is 0 Å². The summed E-state index contributed by atoms with van der Waals surface area (Å²) in [6.45, 7) is 4.30. The van der Waals surface area contributed by atoms with E-state index in [0.29, 0.717) is 6.54 Å². The Labute approximate surface area is 162 Å². The Morgan fingerprint density at radius 2 is 2.00 bits per heavy atom. The van der Waals surface area contributed by atoms with Gasteiger partial charge < -0.3 is 15.0 Å². The molecule has 1 heterocycles. The van der Waals surface area contributed by atoms with Crippen LogP contribution in [0.5, 0.6) is 0 Å². The lowest BCUT2D eigenvalue weighted by atomic mass is 10.1. The Hall–Kier alpha value is -2.44. The van der Waals surface area contributed by atoms with Crippen LogP contribution in [0, 0.1) is 19.7 Å². The Kier molecular flexibility index (Phi) is 5.77. The Morgan fingerprint density at radius 1 is 1.30 bits per heavy atom. The molecule has 0 aliphatic carbocycles. The molecular formula is C20H20ClFN2O3. The number of hydrogen-bond acceptors (Lipinski definition) is 3. The van der Waals surface area contributed by atoms with E-state index in [2.05, 4.69) is 5.32 Å². The van der Waals surface area contributed by atoms with Crippen LogP contribution >= 0.6 is 11.6 Å². The predicted octanol–water partition coefficient (Wildman–Crippen LogP) is 3.26. The molecule has 1 saturated heterocycles. The van der Waals surface area contributed by atoms with Gasteiger partial charge in [0.1, 0.15) is 12.4 Å². The van der Waals surface area contributed by atoms with Crippen molar-refractivity contribution in [2.24, 2.45) is 0 Å². The standard InChI is InChI=1S/C20H20ClFN2O3/c1-12-6-13(2)8-14(7-12)24-10-15(27-11-18(24)25)9-23-20(26)19-16(21)4-3-5-17(19)22/h3-8,15H,9-11H2,1-2H3,(H,23,26). The van der Waals surface area contributed by atoms with Gasteiger partial charge in [-0.05, 0) is 49.2 Å². The topological polar surface area (TPSA) is 58.6 Å². The Morgan fingerprint density at radius 3 is 2.67 bits per heavy atom. The maximum Gasteiger partial charge on any atom is 0.255 e. The van der Waals surface area contributed by atoms with Gasteiger partial charge in [-0.1, -0.05) is 23.7 Å². The van der Waals surface area contributed by atoms with E-state index in [0.717, 1.165) is 16.8 Å². The lowest BCUT2D eigenvalue weighted by Crippen LogP contribution is -2.50. The summed E-state index contributed by atoms with van der Waals surface area (Å²) in [5, 5.41) is 2.68. The van der Waals surface area contributed by atoms with E-state index in [-0.39, 0.29) is 29.6 Å². The summed E-state index contributed by atoms with van der Waals surface area (Å²) < 4.78 is 19.4. The van der Waals surface area contributed by atoms with Gasteiger partial charge in [0.25, 0.3) is 11.8 Å². The summed E-state index contributed by atoms with van der Waals surface area (Å²) in [7, 11) is 0. The van der Waals surface area contributed by atoms with E-state index in [1.54, 1.807) is 4.90 Å². The number of aryl methyl sites for hydroxylation is 2. The molecule has 1 aliphatic heterocycles. The minimum atomic E-state index is -0.684. The second-order valence-electron chi connectivity index (χ2n) is 6.59. The first-order chi connectivity index (χ1) is 12.8. The molecule has 3 rings (SSSR count). The molecule has 2 aromatic carbocycles. The lowest BCUT2D eigenvalue weighted by molar-refractivity contribution is -0.129. The van der Waals surface area contributed by atoms with Crippen molar-refractivity contribution in [2.45, 2.75) is 20.0 Å². The Balaban J connectivity index is 1.68. The summed E-state index contributed by atoms with van der Waals surface area (Å²) in [6.07, 6.45) is -0.405. The van der Waals surface area contributed by atoms with Crippen LogP contribution in [0.25, 0.3) is 0 Å². The smallest absolute Gasteiger partial charge is 0.255 e. The van der Waals surface area contributed by atoms with E-state index in [1.165, 1.54) is 18.2 Å². The summed E-state index contributed by atoms with van der Waals surface area (Å²) in [4.78, 5) is 26.2. The monoisotopic (exact) mass is 390 g/mol. The number of carbonyl (C=O) groups is 2. The average molecular weight is 391 g/mol. The maximum absolute atomic E-state index is 13.8. The SMILES string of the molecule is Cc1cc(C)cc(N2CC(CNC(=O)c3c(F)cccc3Cl)OCC2=O)c1. The highest BCUT2D eigenvalue weighted by atomic mass is 35.5. The zero-order valence-electron chi connectivity index (χ0n) is 15.1. The number of hydrogen-bond donors (Lipinski definition) is 1. The highest BCUT2D eigenvalue weighted by Crippen LogP contribution is 2.22. The van der Waals surface area contributed by atoms with E-state index in [1.807, 2.05) is 32.0 Å². The van der Waals surface area contributed by atoms with E-state index >= 15 is 0 Å². The molecule has 0 aromatic heterocycles. The number of nitrogens with zero attached hydrogens (tertiary/aromatic N) is 1. The van der Waals surface area contributed by atoms with Crippen molar-refractivity contribution in [1.29, 1.82) is 0 Å². The molecule has 142 valence electrons. The van der Waals surface area contributed by atoms with Crippen molar-refractivity contribution in [3.8, 4) is 0 Å². The van der Waals surface area contributed by atoms with Crippen LogP contribution in [0.2, 0.25) is 5.02 Å². The first-order valence-corrected chi connectivity index (χ1v) is 8.95. The second kappa shape index (κ2) is 8.06. The first kappa shape index (κ1) is 19.3. The number of halogens is 2. The van der Waals surface area contributed by atoms with Crippen LogP contribution in [0.4, 0.5) is 10.1 Å². The summed E-state index contributed by atoms with van der Waals surface area (Å²) in [5.74, 6) is -1.44. The average Bonchev–Trinajstić information content (AvgIpc) is 2.60. The molecule has 5 nitrogen and oxygen atoms in total. The molecule has 2 aromatic rings. The molecule has 0 radical (unpaired) electrons. The normalized spacial score (nSPS) is 17.1. The van der Waals surface area contributed by atoms with Crippen molar-refractivity contribution in [3.05, 3.63) is 63.9 Å². The number of anilines is 1. The highest BCUT2D eigenvalue weighted by molar-refractivity contribution is 6.33. The van der Waals surface area contributed by atoms with Crippen LogP contribution in [-0.4, -0.2) is 37.6 Å². The van der Waals surface area contributed by atoms with Crippen LogP contribution in [-0.2, 0) is 9.53 Å². The van der Waals surface area contributed by atoms with E-state index in [9.17, 15) is 14.0 Å². The predicted molar refractivity (Wildman–Crippen MR) is 102 cm³/mol. The zero-order chi connectivity index (χ0) is 19.6. The van der Waals surface area contributed by atoms with Crippen LogP contribution in [0.1, 0.15) is 21.5 Å². The van der Waals surface area contributed by atoms with Crippen molar-refractivity contribution < 1.29 is 18.7 Å². The highest BCUT2D eigenvalue weighted by Gasteiger charge is 2.28. The number of nitrogens with one attached hydrogen (secondary N) is 1. The molecule has 1 unspecified atom stereocenters. The van der Waals surface area contributed by atoms with Crippen LogP contribution < -0.4 is 10.2 Å². The number of carbonyl (C=O) groups excluding carboxylic acids is 2. The number of rotatable bonds is 4. The number of amides is 2. The lowest BCUT2D eigenvalue weighted by Gasteiger charge is -2.33. The van der Waals surface area contributed by atoms with Gasteiger partial charge in [-0.15, -0.1) is 0 Å². The molecule has 1 atom stereocenters. The molecule has 0 saturated carbocycles. The quantitative estimate of drug-likeness (QED) is 0.871. The third-order valence-electron chi connectivity index (χ3n) is 4.33. The molecule has 1 fully saturated rings. The van der Waals surface area contributed by atoms with Gasteiger partial charge in [-0.25, -0.2) is 4.39 Å². The minimum Gasteiger partial charge on any atom is -0.365 e. The van der Waals surface area contributed by atoms with E-state index in [4.69, 9.17) is 16.3 Å². The van der Waals surface area contributed by atoms with Crippen molar-refractivity contribution in [1.82, 2.24) is 5.32 Å². The molecule has 0 bridgehead atoms. The molecule has 7 heteroatoms. The van der Waals surface area contributed by atoms with Crippen LogP contribution in [0.3, 0.4) is 0 Å². The third kappa shape index (κ3) is 4.46. The fraction of sp³-hybridized carbons (Fsp3) is 0.300. The van der Waals surface area contributed by atoms with Gasteiger partial charge in [0.05, 0.1) is 23.2 Å². The molecule has 1 aliphatic rings. The van der Waals surface area contributed by atoms with Gasteiger partial charge in [-0.3, -0.25) is 9.59 Å². The van der Waals surface area contributed by atoms with Crippen molar-refractivity contribution in [3.63, 3.8) is 0 Å². The zero-order valence-corrected chi connectivity index (χ0v) is 15.8.